The molecule has 0 radical (unpaired) electrons. The number of nitrogens with two attached hydrogens (primary N) is 1. The van der Waals surface area contributed by atoms with Crippen LogP contribution in [0.3, 0.4) is 0 Å². The molecular weight excluding hydrogens is 471 g/mol. The van der Waals surface area contributed by atoms with Gasteiger partial charge in [-0.25, -0.2) is 0 Å². The van der Waals surface area contributed by atoms with Crippen molar-refractivity contribution < 1.29 is 19.0 Å². The Bertz CT molecular complexity index is 940. The fourth-order valence-corrected chi connectivity index (χ4v) is 4.59. The number of rotatable bonds is 4. The summed E-state index contributed by atoms with van der Waals surface area (Å²) in [5.74, 6) is 1.22. The highest BCUT2D eigenvalue weighted by Crippen LogP contribution is 2.49. The van der Waals surface area contributed by atoms with Gasteiger partial charge in [-0.1, -0.05) is 13.8 Å². The molecule has 3 rings (SSSR count). The Kier molecular flexibility index (Phi) is 5.62. The zero-order valence-corrected chi connectivity index (χ0v) is 18.5. The van der Waals surface area contributed by atoms with E-state index in [1.165, 1.54) is 0 Å². The van der Waals surface area contributed by atoms with E-state index in [1.54, 1.807) is 7.11 Å². The number of nitriles is 1. The summed E-state index contributed by atoms with van der Waals surface area (Å²) in [7, 11) is 1.57. The summed E-state index contributed by atoms with van der Waals surface area (Å²) in [5, 5.41) is 9.75. The number of halogens is 1. The largest absolute Gasteiger partial charge is 0.493 e. The standard InChI is InChI=1S/C21H23IN2O4/c1-5-27-19-13(22)6-11(7-15(19)26-4)17-12(10-23)20(24)28-16-9-21(2,3)8-14(25)18(16)17/h6-7,17H,5,8-9,24H2,1-4H3. The smallest absolute Gasteiger partial charge is 0.205 e. The third kappa shape index (κ3) is 3.58. The van der Waals surface area contributed by atoms with Gasteiger partial charge >= 0.3 is 0 Å². The van der Waals surface area contributed by atoms with Gasteiger partial charge in [-0.3, -0.25) is 4.79 Å². The van der Waals surface area contributed by atoms with Gasteiger partial charge in [0, 0.05) is 18.4 Å². The average Bonchev–Trinajstić information content (AvgIpc) is 2.61. The summed E-state index contributed by atoms with van der Waals surface area (Å²) in [5.41, 5.74) is 7.39. The minimum Gasteiger partial charge on any atom is -0.493 e. The maximum absolute atomic E-state index is 13.0. The molecule has 1 aliphatic carbocycles. The number of carbonyl (C=O) groups excluding carboxylic acids is 1. The maximum atomic E-state index is 13.0. The molecular formula is C21H23IN2O4. The van der Waals surface area contributed by atoms with Gasteiger partial charge in [0.15, 0.2) is 17.3 Å². The monoisotopic (exact) mass is 494 g/mol. The number of benzene rings is 1. The number of carbonyl (C=O) groups is 1. The Morgan fingerprint density at radius 3 is 2.71 bits per heavy atom. The highest BCUT2D eigenvalue weighted by atomic mass is 127. The molecule has 1 heterocycles. The predicted octanol–water partition coefficient (Wildman–Crippen LogP) is 4.15. The second-order valence-electron chi connectivity index (χ2n) is 7.67. The molecule has 28 heavy (non-hydrogen) atoms. The molecule has 7 heteroatoms. The minimum absolute atomic E-state index is 0.0145. The fourth-order valence-electron chi connectivity index (χ4n) is 3.81. The van der Waals surface area contributed by atoms with Crippen molar-refractivity contribution in [3.05, 3.63) is 44.1 Å². The first-order valence-electron chi connectivity index (χ1n) is 9.06. The molecule has 0 aromatic heterocycles. The van der Waals surface area contributed by atoms with Crippen molar-refractivity contribution >= 4 is 28.4 Å². The Labute approximate surface area is 178 Å². The van der Waals surface area contributed by atoms with Gasteiger partial charge < -0.3 is 19.9 Å². The predicted molar refractivity (Wildman–Crippen MR) is 113 cm³/mol. The van der Waals surface area contributed by atoms with Crippen molar-refractivity contribution in [3.63, 3.8) is 0 Å². The highest BCUT2D eigenvalue weighted by Gasteiger charge is 2.43. The van der Waals surface area contributed by atoms with Gasteiger partial charge in [-0.2, -0.15) is 5.26 Å². The Balaban J connectivity index is 2.21. The Morgan fingerprint density at radius 2 is 2.11 bits per heavy atom. The highest BCUT2D eigenvalue weighted by molar-refractivity contribution is 14.1. The van der Waals surface area contributed by atoms with Gasteiger partial charge in [0.25, 0.3) is 0 Å². The van der Waals surface area contributed by atoms with Crippen molar-refractivity contribution in [3.8, 4) is 17.6 Å². The molecule has 148 valence electrons. The van der Waals surface area contributed by atoms with E-state index in [4.69, 9.17) is 19.9 Å². The van der Waals surface area contributed by atoms with Crippen LogP contribution in [0.1, 0.15) is 45.1 Å². The number of ether oxygens (including phenoxy) is 3. The molecule has 0 saturated heterocycles. The Morgan fingerprint density at radius 1 is 1.39 bits per heavy atom. The lowest BCUT2D eigenvalue weighted by Gasteiger charge is -2.37. The molecule has 0 saturated carbocycles. The SMILES string of the molecule is CCOc1c(I)cc(C2C(C#N)=C(N)OC3=C2C(=O)CC(C)(C)C3)cc1OC. The summed E-state index contributed by atoms with van der Waals surface area (Å²) < 4.78 is 17.8. The summed E-state index contributed by atoms with van der Waals surface area (Å²) in [6.07, 6.45) is 0.991. The van der Waals surface area contributed by atoms with Crippen LogP contribution in [0.4, 0.5) is 0 Å². The average molecular weight is 494 g/mol. The van der Waals surface area contributed by atoms with E-state index >= 15 is 0 Å². The van der Waals surface area contributed by atoms with Crippen LogP contribution in [0, 0.1) is 20.3 Å². The van der Waals surface area contributed by atoms with E-state index in [-0.39, 0.29) is 22.7 Å². The van der Waals surface area contributed by atoms with Crippen LogP contribution in [-0.4, -0.2) is 19.5 Å². The van der Waals surface area contributed by atoms with Crippen LogP contribution in [0.25, 0.3) is 0 Å². The zero-order chi connectivity index (χ0) is 20.6. The lowest BCUT2D eigenvalue weighted by atomic mass is 9.70. The third-order valence-corrected chi connectivity index (χ3v) is 5.75. The van der Waals surface area contributed by atoms with Gasteiger partial charge in [0.2, 0.25) is 5.88 Å². The molecule has 1 aromatic carbocycles. The lowest BCUT2D eigenvalue weighted by Crippen LogP contribution is -2.33. The van der Waals surface area contributed by atoms with Crippen LogP contribution >= 0.6 is 22.6 Å². The first-order chi connectivity index (χ1) is 13.2. The minimum atomic E-state index is -0.574. The molecule has 1 atom stereocenters. The lowest BCUT2D eigenvalue weighted by molar-refractivity contribution is -0.119. The summed E-state index contributed by atoms with van der Waals surface area (Å²) in [6.45, 7) is 6.45. The van der Waals surface area contributed by atoms with Crippen molar-refractivity contribution in [2.75, 3.05) is 13.7 Å². The van der Waals surface area contributed by atoms with Gasteiger partial charge in [-0.05, 0) is 52.6 Å². The molecule has 0 spiro atoms. The van der Waals surface area contributed by atoms with Crippen LogP contribution in [0.5, 0.6) is 11.5 Å². The molecule has 0 bridgehead atoms. The van der Waals surface area contributed by atoms with E-state index < -0.39 is 5.92 Å². The number of hydrogen-bond acceptors (Lipinski definition) is 6. The maximum Gasteiger partial charge on any atom is 0.205 e. The summed E-state index contributed by atoms with van der Waals surface area (Å²) in [6, 6.07) is 5.86. The van der Waals surface area contributed by atoms with Crippen molar-refractivity contribution in [1.82, 2.24) is 0 Å². The van der Waals surface area contributed by atoms with Gasteiger partial charge in [-0.15, -0.1) is 0 Å². The number of allylic oxidation sites excluding steroid dienone is 3. The van der Waals surface area contributed by atoms with Crippen molar-refractivity contribution in [2.45, 2.75) is 39.5 Å². The molecule has 6 nitrogen and oxygen atoms in total. The van der Waals surface area contributed by atoms with Crippen LogP contribution in [0.15, 0.2) is 34.9 Å². The summed E-state index contributed by atoms with van der Waals surface area (Å²) in [4.78, 5) is 13.0. The normalized spacial score (nSPS) is 21.0. The van der Waals surface area contributed by atoms with Gasteiger partial charge in [0.05, 0.1) is 23.2 Å². The number of methoxy groups -OCH3 is 1. The van der Waals surface area contributed by atoms with Crippen LogP contribution in [-0.2, 0) is 9.53 Å². The van der Waals surface area contributed by atoms with E-state index in [2.05, 4.69) is 28.7 Å². The molecule has 2 aliphatic rings. The van der Waals surface area contributed by atoms with Crippen molar-refractivity contribution in [1.29, 1.82) is 5.26 Å². The second-order valence-corrected chi connectivity index (χ2v) is 8.83. The topological polar surface area (TPSA) is 94.6 Å². The van der Waals surface area contributed by atoms with E-state index in [1.807, 2.05) is 32.9 Å². The molecule has 0 amide bonds. The number of Topliss-reactive ketones (excluding diaryl/α,β-unsaturated/α-hetero) is 1. The first kappa shape index (κ1) is 20.5. The van der Waals surface area contributed by atoms with E-state index in [0.29, 0.717) is 42.3 Å². The molecule has 1 unspecified atom stereocenters. The molecule has 2 N–H and O–H groups in total. The zero-order valence-electron chi connectivity index (χ0n) is 16.4. The third-order valence-electron chi connectivity index (χ3n) is 4.95. The molecule has 0 fully saturated rings. The van der Waals surface area contributed by atoms with Crippen molar-refractivity contribution in [2.24, 2.45) is 11.1 Å². The summed E-state index contributed by atoms with van der Waals surface area (Å²) >= 11 is 2.17. The Hall–Kier alpha value is -2.21. The van der Waals surface area contributed by atoms with Crippen LogP contribution in [0.2, 0.25) is 0 Å². The second kappa shape index (κ2) is 7.66. The van der Waals surface area contributed by atoms with Gasteiger partial charge in [0.1, 0.15) is 17.4 Å². The molecule has 1 aromatic rings. The number of hydrogen-bond donors (Lipinski definition) is 1. The molecule has 1 aliphatic heterocycles. The number of nitrogens with zero attached hydrogens (tertiary/aromatic N) is 1. The van der Waals surface area contributed by atoms with E-state index in [0.717, 1.165) is 9.13 Å². The number of ketones is 1. The quantitative estimate of drug-likeness (QED) is 0.633. The van der Waals surface area contributed by atoms with E-state index in [9.17, 15) is 10.1 Å². The first-order valence-corrected chi connectivity index (χ1v) is 10.1. The fraction of sp³-hybridized carbons (Fsp3) is 0.429. The van der Waals surface area contributed by atoms with Crippen LogP contribution < -0.4 is 15.2 Å².